The zero-order valence-electron chi connectivity index (χ0n) is 13.2. The lowest BCUT2D eigenvalue weighted by Crippen LogP contribution is -2.20. The summed E-state index contributed by atoms with van der Waals surface area (Å²) in [5, 5.41) is 6.61. The van der Waals surface area contributed by atoms with Crippen LogP contribution >= 0.6 is 11.3 Å². The fourth-order valence-corrected chi connectivity index (χ4v) is 4.13. The van der Waals surface area contributed by atoms with Gasteiger partial charge in [-0.05, 0) is 56.8 Å². The summed E-state index contributed by atoms with van der Waals surface area (Å²) in [5.74, 6) is 1.49. The molecule has 2 aromatic rings. The van der Waals surface area contributed by atoms with E-state index in [1.54, 1.807) is 35.9 Å². The molecule has 4 rings (SSSR count). The van der Waals surface area contributed by atoms with Crippen LogP contribution in [0.5, 0.6) is 0 Å². The highest BCUT2D eigenvalue weighted by Crippen LogP contribution is 2.45. The second-order valence-corrected chi connectivity index (χ2v) is 7.90. The van der Waals surface area contributed by atoms with Crippen molar-refractivity contribution in [3.63, 3.8) is 0 Å². The number of aromatic nitrogens is 1. The maximum absolute atomic E-state index is 12.5. The van der Waals surface area contributed by atoms with E-state index in [-0.39, 0.29) is 5.91 Å². The Balaban J connectivity index is 1.40. The number of carbonyl (C=O) groups excluding carboxylic acids is 1. The molecule has 2 aliphatic rings. The van der Waals surface area contributed by atoms with E-state index in [0.29, 0.717) is 12.0 Å². The normalized spacial score (nSPS) is 22.8. The molecule has 2 N–H and O–H groups in total. The molecule has 0 radical (unpaired) electrons. The smallest absolute Gasteiger partial charge is 0.256 e. The number of amides is 1. The Labute approximate surface area is 140 Å². The van der Waals surface area contributed by atoms with Crippen molar-refractivity contribution in [1.29, 1.82) is 0 Å². The largest absolute Gasteiger partial charge is 0.322 e. The summed E-state index contributed by atoms with van der Waals surface area (Å²) in [6.07, 6.45) is 7.35. The number of rotatable bonds is 6. The number of carbonyl (C=O) groups is 1. The molecule has 0 aliphatic heterocycles. The molecule has 0 saturated heterocycles. The number of hydrogen-bond acceptors (Lipinski definition) is 4. The molecule has 2 saturated carbocycles. The molecule has 4 nitrogen and oxygen atoms in total. The summed E-state index contributed by atoms with van der Waals surface area (Å²) in [6.45, 7) is 3.20. The van der Waals surface area contributed by atoms with Crippen LogP contribution in [0.25, 0.3) is 0 Å². The van der Waals surface area contributed by atoms with Crippen molar-refractivity contribution in [1.82, 2.24) is 10.3 Å². The summed E-state index contributed by atoms with van der Waals surface area (Å²) < 4.78 is 0. The van der Waals surface area contributed by atoms with Crippen LogP contribution < -0.4 is 10.6 Å². The topological polar surface area (TPSA) is 54.0 Å². The van der Waals surface area contributed by atoms with Crippen molar-refractivity contribution < 1.29 is 4.79 Å². The zero-order chi connectivity index (χ0) is 15.8. The second-order valence-electron chi connectivity index (χ2n) is 6.61. The maximum Gasteiger partial charge on any atom is 0.256 e. The third kappa shape index (κ3) is 3.46. The highest BCUT2D eigenvalue weighted by Gasteiger charge is 2.40. The van der Waals surface area contributed by atoms with Crippen molar-refractivity contribution >= 4 is 22.9 Å². The van der Waals surface area contributed by atoms with Gasteiger partial charge in [-0.1, -0.05) is 0 Å². The first-order valence-electron chi connectivity index (χ1n) is 8.26. The Morgan fingerprint density at radius 1 is 1.35 bits per heavy atom. The van der Waals surface area contributed by atoms with Crippen LogP contribution in [0.1, 0.15) is 45.3 Å². The van der Waals surface area contributed by atoms with Gasteiger partial charge in [-0.15, -0.1) is 11.3 Å². The fourth-order valence-electron chi connectivity index (χ4n) is 2.92. The van der Waals surface area contributed by atoms with E-state index in [2.05, 4.69) is 21.7 Å². The first-order valence-corrected chi connectivity index (χ1v) is 9.07. The minimum absolute atomic E-state index is 0.0284. The molecule has 2 unspecified atom stereocenters. The quantitative estimate of drug-likeness (QED) is 0.853. The Bertz CT molecular complexity index is 708. The lowest BCUT2D eigenvalue weighted by Gasteiger charge is -2.03. The van der Waals surface area contributed by atoms with E-state index in [1.165, 1.54) is 30.7 Å². The van der Waals surface area contributed by atoms with Gasteiger partial charge in [0.05, 0.1) is 5.56 Å². The first kappa shape index (κ1) is 14.8. The molecule has 2 aromatic heterocycles. The molecular weight excluding hydrogens is 306 g/mol. The van der Waals surface area contributed by atoms with Crippen molar-refractivity contribution in [2.24, 2.45) is 5.92 Å². The lowest BCUT2D eigenvalue weighted by molar-refractivity contribution is 0.102. The van der Waals surface area contributed by atoms with Crippen LogP contribution in [0, 0.1) is 12.8 Å². The van der Waals surface area contributed by atoms with E-state index in [9.17, 15) is 4.79 Å². The first-order chi connectivity index (χ1) is 11.2. The number of hydrogen-bond donors (Lipinski definition) is 2. The molecule has 0 bridgehead atoms. The minimum Gasteiger partial charge on any atom is -0.322 e. The third-order valence-corrected chi connectivity index (χ3v) is 5.82. The van der Waals surface area contributed by atoms with Gasteiger partial charge in [-0.2, -0.15) is 0 Å². The summed E-state index contributed by atoms with van der Waals surface area (Å²) >= 11 is 1.76. The average molecular weight is 327 g/mol. The van der Waals surface area contributed by atoms with Crippen LogP contribution in [-0.4, -0.2) is 23.5 Å². The molecule has 0 spiro atoms. The number of pyridine rings is 1. The van der Waals surface area contributed by atoms with Gasteiger partial charge in [0.1, 0.15) is 0 Å². The van der Waals surface area contributed by atoms with Crippen LogP contribution in [0.15, 0.2) is 30.6 Å². The van der Waals surface area contributed by atoms with Gasteiger partial charge in [-0.3, -0.25) is 9.78 Å². The van der Waals surface area contributed by atoms with E-state index >= 15 is 0 Å². The van der Waals surface area contributed by atoms with Gasteiger partial charge >= 0.3 is 0 Å². The van der Waals surface area contributed by atoms with Gasteiger partial charge in [0, 0.05) is 39.8 Å². The zero-order valence-corrected chi connectivity index (χ0v) is 14.0. The summed E-state index contributed by atoms with van der Waals surface area (Å²) in [7, 11) is 0. The Kier molecular flexibility index (Phi) is 3.91. The maximum atomic E-state index is 12.5. The SMILES string of the molecule is Cc1sc(C2CC2NCC2CC2)cc1C(=O)Nc1ccncc1. The van der Waals surface area contributed by atoms with Crippen LogP contribution in [-0.2, 0) is 0 Å². The molecule has 23 heavy (non-hydrogen) atoms. The molecule has 0 aromatic carbocycles. The van der Waals surface area contributed by atoms with Crippen LogP contribution in [0.4, 0.5) is 5.69 Å². The molecule has 120 valence electrons. The molecule has 1 amide bonds. The molecule has 2 heterocycles. The molecule has 2 fully saturated rings. The standard InChI is InChI=1S/C18H21N3OS/c1-11-14(18(22)21-13-4-6-19-7-5-13)9-17(23-11)15-8-16(15)20-10-12-2-3-12/h4-7,9,12,15-16,20H,2-3,8,10H2,1H3,(H,19,21,22). The predicted molar refractivity (Wildman–Crippen MR) is 93.1 cm³/mol. The van der Waals surface area contributed by atoms with Gasteiger partial charge in [0.15, 0.2) is 0 Å². The van der Waals surface area contributed by atoms with Crippen LogP contribution in [0.3, 0.4) is 0 Å². The Hall–Kier alpha value is -1.72. The van der Waals surface area contributed by atoms with Crippen molar-refractivity contribution in [2.45, 2.75) is 38.1 Å². The molecular formula is C18H21N3OS. The Morgan fingerprint density at radius 3 is 2.87 bits per heavy atom. The molecule has 5 heteroatoms. The van der Waals surface area contributed by atoms with E-state index in [0.717, 1.165) is 22.0 Å². The van der Waals surface area contributed by atoms with E-state index in [4.69, 9.17) is 0 Å². The van der Waals surface area contributed by atoms with Crippen molar-refractivity contribution in [3.8, 4) is 0 Å². The lowest BCUT2D eigenvalue weighted by atomic mass is 10.2. The molecule has 2 aliphatic carbocycles. The highest BCUT2D eigenvalue weighted by atomic mass is 32.1. The van der Waals surface area contributed by atoms with Crippen LogP contribution in [0.2, 0.25) is 0 Å². The third-order valence-electron chi connectivity index (χ3n) is 4.64. The summed E-state index contributed by atoms with van der Waals surface area (Å²) in [5.41, 5.74) is 1.59. The number of nitrogens with one attached hydrogen (secondary N) is 2. The summed E-state index contributed by atoms with van der Waals surface area (Å²) in [4.78, 5) is 18.9. The summed E-state index contributed by atoms with van der Waals surface area (Å²) in [6, 6.07) is 6.31. The second kappa shape index (κ2) is 6.06. The molecule has 2 atom stereocenters. The number of aryl methyl sites for hydroxylation is 1. The van der Waals surface area contributed by atoms with Gasteiger partial charge in [-0.25, -0.2) is 0 Å². The average Bonchev–Trinajstić information content (AvgIpc) is 3.45. The fraction of sp³-hybridized carbons (Fsp3) is 0.444. The van der Waals surface area contributed by atoms with Gasteiger partial charge in [0.2, 0.25) is 0 Å². The number of thiophene rings is 1. The van der Waals surface area contributed by atoms with E-state index in [1.807, 2.05) is 6.92 Å². The monoisotopic (exact) mass is 327 g/mol. The number of nitrogens with zero attached hydrogens (tertiary/aromatic N) is 1. The van der Waals surface area contributed by atoms with Crippen molar-refractivity contribution in [2.75, 3.05) is 11.9 Å². The van der Waals surface area contributed by atoms with Gasteiger partial charge in [0.25, 0.3) is 5.91 Å². The highest BCUT2D eigenvalue weighted by molar-refractivity contribution is 7.12. The van der Waals surface area contributed by atoms with Gasteiger partial charge < -0.3 is 10.6 Å². The predicted octanol–water partition coefficient (Wildman–Crippen LogP) is 3.56. The Morgan fingerprint density at radius 2 is 2.13 bits per heavy atom. The minimum atomic E-state index is -0.0284. The van der Waals surface area contributed by atoms with E-state index < -0.39 is 0 Å². The van der Waals surface area contributed by atoms with Crippen molar-refractivity contribution in [3.05, 3.63) is 45.9 Å². The number of anilines is 1.